The van der Waals surface area contributed by atoms with Gasteiger partial charge in [0.15, 0.2) is 0 Å². The van der Waals surface area contributed by atoms with Gasteiger partial charge in [-0.3, -0.25) is 4.79 Å². The molecule has 3 rings (SSSR count). The molecule has 1 amide bonds. The van der Waals surface area contributed by atoms with Crippen molar-refractivity contribution in [3.8, 4) is 11.6 Å². The third kappa shape index (κ3) is 3.03. The topological polar surface area (TPSA) is 71.5 Å². The summed E-state index contributed by atoms with van der Waals surface area (Å²) in [5, 5.41) is 12.3. The van der Waals surface area contributed by atoms with Gasteiger partial charge in [0.05, 0.1) is 6.10 Å². The molecule has 5 nitrogen and oxygen atoms in total. The highest BCUT2D eigenvalue weighted by Crippen LogP contribution is 2.29. The van der Waals surface area contributed by atoms with Gasteiger partial charge in [0.25, 0.3) is 0 Å². The Bertz CT molecular complexity index is 666. The number of hydrogen-bond donors (Lipinski definition) is 2. The summed E-state index contributed by atoms with van der Waals surface area (Å²) in [5.41, 5.74) is 2.65. The number of carbonyl (C=O) groups excluding carboxylic acids is 1. The average molecular weight is 284 g/mol. The van der Waals surface area contributed by atoms with Gasteiger partial charge in [-0.2, -0.15) is 0 Å². The first-order valence-corrected chi connectivity index (χ1v) is 6.86. The van der Waals surface area contributed by atoms with Gasteiger partial charge in [0.2, 0.25) is 11.8 Å². The summed E-state index contributed by atoms with van der Waals surface area (Å²) in [6.07, 6.45) is 2.27. The largest absolute Gasteiger partial charge is 0.439 e. The monoisotopic (exact) mass is 284 g/mol. The van der Waals surface area contributed by atoms with Gasteiger partial charge >= 0.3 is 0 Å². The number of aryl methyl sites for hydroxylation is 1. The molecular formula is C16H16N2O3. The SMILES string of the molecule is CC(O)c1ccc(Oc2ccc3c(c2)CCC(=O)N3)nc1. The van der Waals surface area contributed by atoms with Gasteiger partial charge in [-0.25, -0.2) is 4.98 Å². The molecule has 0 saturated carbocycles. The summed E-state index contributed by atoms with van der Waals surface area (Å²) >= 11 is 0. The van der Waals surface area contributed by atoms with Crippen LogP contribution < -0.4 is 10.1 Å². The van der Waals surface area contributed by atoms with E-state index in [1.165, 1.54) is 0 Å². The Labute approximate surface area is 122 Å². The molecule has 2 aromatic rings. The van der Waals surface area contributed by atoms with Crippen LogP contribution in [-0.4, -0.2) is 16.0 Å². The third-order valence-electron chi connectivity index (χ3n) is 3.44. The number of ether oxygens (including phenoxy) is 1. The van der Waals surface area contributed by atoms with Crippen LogP contribution in [0.5, 0.6) is 11.6 Å². The smallest absolute Gasteiger partial charge is 0.224 e. The number of aliphatic hydroxyl groups excluding tert-OH is 1. The number of rotatable bonds is 3. The van der Waals surface area contributed by atoms with E-state index >= 15 is 0 Å². The molecule has 1 aliphatic rings. The molecular weight excluding hydrogens is 268 g/mol. The fourth-order valence-electron chi connectivity index (χ4n) is 2.24. The van der Waals surface area contributed by atoms with Crippen molar-refractivity contribution in [1.82, 2.24) is 4.98 Å². The predicted molar refractivity (Wildman–Crippen MR) is 78.3 cm³/mol. The van der Waals surface area contributed by atoms with E-state index in [-0.39, 0.29) is 5.91 Å². The number of nitrogens with one attached hydrogen (secondary N) is 1. The van der Waals surface area contributed by atoms with Crippen molar-refractivity contribution in [2.75, 3.05) is 5.32 Å². The molecule has 0 radical (unpaired) electrons. The first-order chi connectivity index (χ1) is 10.1. The highest BCUT2D eigenvalue weighted by Gasteiger charge is 2.15. The van der Waals surface area contributed by atoms with Crippen molar-refractivity contribution in [3.63, 3.8) is 0 Å². The Morgan fingerprint density at radius 1 is 1.29 bits per heavy atom. The van der Waals surface area contributed by atoms with Gasteiger partial charge in [-0.05, 0) is 48.7 Å². The molecule has 0 saturated heterocycles. The second kappa shape index (κ2) is 5.54. The molecule has 0 spiro atoms. The molecule has 108 valence electrons. The van der Waals surface area contributed by atoms with Gasteiger partial charge < -0.3 is 15.2 Å². The van der Waals surface area contributed by atoms with E-state index in [1.54, 1.807) is 31.3 Å². The third-order valence-corrected chi connectivity index (χ3v) is 3.44. The normalized spacial score (nSPS) is 15.0. The van der Waals surface area contributed by atoms with Crippen LogP contribution in [-0.2, 0) is 11.2 Å². The quantitative estimate of drug-likeness (QED) is 0.909. The number of benzene rings is 1. The van der Waals surface area contributed by atoms with E-state index in [0.717, 1.165) is 16.8 Å². The molecule has 2 heterocycles. The van der Waals surface area contributed by atoms with Gasteiger partial charge in [0.1, 0.15) is 5.75 Å². The van der Waals surface area contributed by atoms with Crippen molar-refractivity contribution in [3.05, 3.63) is 47.7 Å². The Hall–Kier alpha value is -2.40. The summed E-state index contributed by atoms with van der Waals surface area (Å²) in [6.45, 7) is 1.69. The molecule has 5 heteroatoms. The van der Waals surface area contributed by atoms with Crippen LogP contribution in [0.3, 0.4) is 0 Å². The highest BCUT2D eigenvalue weighted by atomic mass is 16.5. The van der Waals surface area contributed by atoms with Crippen LogP contribution in [0.25, 0.3) is 0 Å². The molecule has 1 atom stereocenters. The Morgan fingerprint density at radius 3 is 2.86 bits per heavy atom. The van der Waals surface area contributed by atoms with Crippen LogP contribution in [0.1, 0.15) is 30.6 Å². The molecule has 1 unspecified atom stereocenters. The summed E-state index contributed by atoms with van der Waals surface area (Å²) < 4.78 is 5.70. The van der Waals surface area contributed by atoms with Gasteiger partial charge in [-0.15, -0.1) is 0 Å². The van der Waals surface area contributed by atoms with Crippen molar-refractivity contribution >= 4 is 11.6 Å². The van der Waals surface area contributed by atoms with Crippen molar-refractivity contribution in [1.29, 1.82) is 0 Å². The maximum Gasteiger partial charge on any atom is 0.224 e. The average Bonchev–Trinajstić information content (AvgIpc) is 2.48. The van der Waals surface area contributed by atoms with Crippen LogP contribution in [0, 0.1) is 0 Å². The molecule has 0 bridgehead atoms. The van der Waals surface area contributed by atoms with E-state index in [1.807, 2.05) is 12.1 Å². The lowest BCUT2D eigenvalue weighted by Crippen LogP contribution is -2.18. The summed E-state index contributed by atoms with van der Waals surface area (Å²) in [6, 6.07) is 9.06. The minimum atomic E-state index is -0.543. The van der Waals surface area contributed by atoms with E-state index in [2.05, 4.69) is 10.3 Å². The molecule has 0 aliphatic carbocycles. The van der Waals surface area contributed by atoms with Crippen LogP contribution in [0.15, 0.2) is 36.5 Å². The summed E-state index contributed by atoms with van der Waals surface area (Å²) in [7, 11) is 0. The number of fused-ring (bicyclic) bond motifs is 1. The standard InChI is InChI=1S/C16H16N2O3/c1-10(19)12-3-7-16(17-9-12)21-13-4-5-14-11(8-13)2-6-15(20)18-14/h3-5,7-10,19H,2,6H2,1H3,(H,18,20). The number of aromatic nitrogens is 1. The van der Waals surface area contributed by atoms with Gasteiger partial charge in [-0.1, -0.05) is 0 Å². The number of nitrogens with zero attached hydrogens (tertiary/aromatic N) is 1. The van der Waals surface area contributed by atoms with Crippen LogP contribution in [0.2, 0.25) is 0 Å². The lowest BCUT2D eigenvalue weighted by Gasteiger charge is -2.17. The zero-order valence-corrected chi connectivity index (χ0v) is 11.7. The molecule has 0 fully saturated rings. The van der Waals surface area contributed by atoms with E-state index in [9.17, 15) is 9.90 Å². The number of anilines is 1. The Morgan fingerprint density at radius 2 is 2.14 bits per heavy atom. The minimum absolute atomic E-state index is 0.0477. The molecule has 1 aromatic heterocycles. The number of pyridine rings is 1. The van der Waals surface area contributed by atoms with E-state index < -0.39 is 6.10 Å². The summed E-state index contributed by atoms with van der Waals surface area (Å²) in [4.78, 5) is 15.5. The van der Waals surface area contributed by atoms with Crippen LogP contribution in [0.4, 0.5) is 5.69 Å². The molecule has 1 aromatic carbocycles. The highest BCUT2D eigenvalue weighted by molar-refractivity contribution is 5.94. The molecule has 1 aliphatic heterocycles. The minimum Gasteiger partial charge on any atom is -0.439 e. The fraction of sp³-hybridized carbons (Fsp3) is 0.250. The van der Waals surface area contributed by atoms with Crippen molar-refractivity contribution in [2.24, 2.45) is 0 Å². The van der Waals surface area contributed by atoms with E-state index in [4.69, 9.17) is 4.74 Å². The van der Waals surface area contributed by atoms with Gasteiger partial charge in [0, 0.05) is 24.4 Å². The summed E-state index contributed by atoms with van der Waals surface area (Å²) in [5.74, 6) is 1.20. The second-order valence-electron chi connectivity index (χ2n) is 5.07. The number of hydrogen-bond acceptors (Lipinski definition) is 4. The zero-order valence-electron chi connectivity index (χ0n) is 11.7. The zero-order chi connectivity index (χ0) is 14.8. The first-order valence-electron chi connectivity index (χ1n) is 6.86. The van der Waals surface area contributed by atoms with Crippen molar-refractivity contribution < 1.29 is 14.6 Å². The molecule has 21 heavy (non-hydrogen) atoms. The lowest BCUT2D eigenvalue weighted by molar-refractivity contribution is -0.116. The van der Waals surface area contributed by atoms with Crippen LogP contribution >= 0.6 is 0 Å². The fourth-order valence-corrected chi connectivity index (χ4v) is 2.24. The first kappa shape index (κ1) is 13.6. The maximum absolute atomic E-state index is 11.3. The van der Waals surface area contributed by atoms with Crippen molar-refractivity contribution in [2.45, 2.75) is 25.9 Å². The number of carbonyl (C=O) groups is 1. The second-order valence-corrected chi connectivity index (χ2v) is 5.07. The molecule has 2 N–H and O–H groups in total. The maximum atomic E-state index is 11.3. The predicted octanol–water partition coefficient (Wildman–Crippen LogP) is 2.81. The lowest BCUT2D eigenvalue weighted by atomic mass is 10.0. The van der Waals surface area contributed by atoms with E-state index in [0.29, 0.717) is 24.5 Å². The number of amides is 1. The Kier molecular flexibility index (Phi) is 3.58. The Balaban J connectivity index is 1.77. The number of aliphatic hydroxyl groups is 1.